The van der Waals surface area contributed by atoms with Gasteiger partial charge in [0.05, 0.1) is 6.54 Å². The minimum atomic E-state index is -3.96. The molecule has 1 aliphatic heterocycles. The first-order valence-corrected chi connectivity index (χ1v) is 7.75. The monoisotopic (exact) mass is 316 g/mol. The molecule has 8 nitrogen and oxygen atoms in total. The molecule has 1 amide bonds. The van der Waals surface area contributed by atoms with Crippen molar-refractivity contribution in [3.05, 3.63) is 17.6 Å². The molecule has 116 valence electrons. The van der Waals surface area contributed by atoms with Crippen molar-refractivity contribution in [2.45, 2.75) is 18.2 Å². The van der Waals surface area contributed by atoms with Crippen molar-refractivity contribution in [2.24, 2.45) is 0 Å². The largest absolute Gasteiger partial charge is 0.475 e. The maximum absolute atomic E-state index is 12.6. The molecule has 21 heavy (non-hydrogen) atoms. The van der Waals surface area contributed by atoms with Crippen LogP contribution in [0, 0.1) is 6.92 Å². The summed E-state index contributed by atoms with van der Waals surface area (Å²) in [6.45, 7) is 1.80. The van der Waals surface area contributed by atoms with Crippen LogP contribution in [0.4, 0.5) is 0 Å². The van der Waals surface area contributed by atoms with Crippen LogP contribution in [0.5, 0.6) is 0 Å². The Kier molecular flexibility index (Phi) is 4.06. The SMILES string of the molecule is Cc1oc(C(=O)O)cc1S(=O)(=O)N1CCCN(C)C(=O)C1. The summed E-state index contributed by atoms with van der Waals surface area (Å²) in [5.74, 6) is -2.08. The predicted octanol–water partition coefficient (Wildman–Crippen LogP) is 0.139. The van der Waals surface area contributed by atoms with Gasteiger partial charge in [-0.25, -0.2) is 13.2 Å². The molecule has 2 heterocycles. The van der Waals surface area contributed by atoms with E-state index in [2.05, 4.69) is 0 Å². The summed E-state index contributed by atoms with van der Waals surface area (Å²) in [4.78, 5) is 23.9. The van der Waals surface area contributed by atoms with Gasteiger partial charge in [0.2, 0.25) is 21.7 Å². The lowest BCUT2D eigenvalue weighted by atomic mass is 10.4. The van der Waals surface area contributed by atoms with E-state index in [9.17, 15) is 18.0 Å². The summed E-state index contributed by atoms with van der Waals surface area (Å²) in [5.41, 5.74) is 0. The van der Waals surface area contributed by atoms with Crippen LogP contribution in [0.3, 0.4) is 0 Å². The normalized spacial score (nSPS) is 17.8. The second kappa shape index (κ2) is 5.49. The van der Waals surface area contributed by atoms with Crippen LogP contribution in [0.1, 0.15) is 22.7 Å². The van der Waals surface area contributed by atoms with Gasteiger partial charge in [-0.05, 0) is 13.3 Å². The highest BCUT2D eigenvalue weighted by atomic mass is 32.2. The highest BCUT2D eigenvalue weighted by Crippen LogP contribution is 2.24. The number of furan rings is 1. The molecule has 1 N–H and O–H groups in total. The number of aryl methyl sites for hydroxylation is 1. The first-order chi connectivity index (χ1) is 9.73. The van der Waals surface area contributed by atoms with E-state index in [4.69, 9.17) is 9.52 Å². The van der Waals surface area contributed by atoms with E-state index in [1.165, 1.54) is 11.8 Å². The summed E-state index contributed by atoms with van der Waals surface area (Å²) in [7, 11) is -2.34. The molecular formula is C12H16N2O6S. The Labute approximate surface area is 122 Å². The Hall–Kier alpha value is -1.87. The summed E-state index contributed by atoms with van der Waals surface area (Å²) in [6.07, 6.45) is 0.518. The standard InChI is InChI=1S/C12H16N2O6S/c1-8-10(6-9(20-8)12(16)17)21(18,19)14-5-3-4-13(2)11(15)7-14/h6H,3-5,7H2,1-2H3,(H,16,17). The average Bonchev–Trinajstić information content (AvgIpc) is 2.71. The van der Waals surface area contributed by atoms with Crippen molar-refractivity contribution < 1.29 is 27.5 Å². The average molecular weight is 316 g/mol. The van der Waals surface area contributed by atoms with Gasteiger partial charge in [0, 0.05) is 26.2 Å². The second-order valence-corrected chi connectivity index (χ2v) is 6.75. The van der Waals surface area contributed by atoms with E-state index in [1.807, 2.05) is 0 Å². The number of rotatable bonds is 3. The van der Waals surface area contributed by atoms with E-state index in [1.54, 1.807) is 7.05 Å². The summed E-state index contributed by atoms with van der Waals surface area (Å²) in [6, 6.07) is 0.978. The third-order valence-electron chi connectivity index (χ3n) is 3.34. The molecule has 1 saturated heterocycles. The Bertz CT molecular complexity index is 678. The van der Waals surface area contributed by atoms with Gasteiger partial charge in [-0.3, -0.25) is 4.79 Å². The molecular weight excluding hydrogens is 300 g/mol. The van der Waals surface area contributed by atoms with E-state index in [-0.39, 0.29) is 29.7 Å². The molecule has 9 heteroatoms. The lowest BCUT2D eigenvalue weighted by Gasteiger charge is -2.18. The molecule has 1 aromatic rings. The van der Waals surface area contributed by atoms with E-state index in [0.717, 1.165) is 10.4 Å². The molecule has 1 aromatic heterocycles. The topological polar surface area (TPSA) is 108 Å². The number of hydrogen-bond acceptors (Lipinski definition) is 5. The number of carbonyl (C=O) groups excluding carboxylic acids is 1. The first kappa shape index (κ1) is 15.5. The van der Waals surface area contributed by atoms with Gasteiger partial charge in [-0.1, -0.05) is 0 Å². The zero-order chi connectivity index (χ0) is 15.8. The molecule has 0 saturated carbocycles. The van der Waals surface area contributed by atoms with Crippen LogP contribution in [-0.2, 0) is 14.8 Å². The summed E-state index contributed by atoms with van der Waals surface area (Å²) >= 11 is 0. The highest BCUT2D eigenvalue weighted by molar-refractivity contribution is 7.89. The molecule has 0 spiro atoms. The van der Waals surface area contributed by atoms with Gasteiger partial charge < -0.3 is 14.4 Å². The molecule has 0 unspecified atom stereocenters. The van der Waals surface area contributed by atoms with Crippen LogP contribution in [0.25, 0.3) is 0 Å². The maximum atomic E-state index is 12.6. The van der Waals surface area contributed by atoms with Crippen molar-refractivity contribution in [3.63, 3.8) is 0 Å². The molecule has 0 aliphatic carbocycles. The van der Waals surface area contributed by atoms with E-state index in [0.29, 0.717) is 13.0 Å². The fourth-order valence-corrected chi connectivity index (χ4v) is 3.72. The second-order valence-electron chi connectivity index (χ2n) is 4.84. The van der Waals surface area contributed by atoms with Gasteiger partial charge in [0.25, 0.3) is 0 Å². The predicted molar refractivity (Wildman–Crippen MR) is 71.4 cm³/mol. The lowest BCUT2D eigenvalue weighted by molar-refractivity contribution is -0.129. The number of likely N-dealkylation sites (N-methyl/N-ethyl adjacent to an activating group) is 1. The van der Waals surface area contributed by atoms with Crippen LogP contribution in [0.15, 0.2) is 15.4 Å². The third kappa shape index (κ3) is 2.93. The number of carboxylic acid groups (broad SMARTS) is 1. The van der Waals surface area contributed by atoms with Crippen LogP contribution in [0.2, 0.25) is 0 Å². The van der Waals surface area contributed by atoms with Crippen LogP contribution in [-0.4, -0.2) is 61.3 Å². The van der Waals surface area contributed by atoms with Gasteiger partial charge in [0.15, 0.2) is 0 Å². The summed E-state index contributed by atoms with van der Waals surface area (Å²) in [5, 5.41) is 8.86. The lowest BCUT2D eigenvalue weighted by Crippen LogP contribution is -2.38. The number of amides is 1. The number of aromatic carboxylic acids is 1. The molecule has 2 rings (SSSR count). The van der Waals surface area contributed by atoms with Gasteiger partial charge >= 0.3 is 5.97 Å². The highest BCUT2D eigenvalue weighted by Gasteiger charge is 2.33. The number of nitrogens with zero attached hydrogens (tertiary/aromatic N) is 2. The Morgan fingerprint density at radius 3 is 2.62 bits per heavy atom. The van der Waals surface area contributed by atoms with Gasteiger partial charge in [-0.15, -0.1) is 0 Å². The first-order valence-electron chi connectivity index (χ1n) is 6.31. The van der Waals surface area contributed by atoms with Crippen LogP contribution < -0.4 is 0 Å². The van der Waals surface area contributed by atoms with Crippen molar-refractivity contribution in [1.82, 2.24) is 9.21 Å². The maximum Gasteiger partial charge on any atom is 0.371 e. The fraction of sp³-hybridized carbons (Fsp3) is 0.500. The van der Waals surface area contributed by atoms with E-state index < -0.39 is 21.8 Å². The van der Waals surface area contributed by atoms with Crippen molar-refractivity contribution in [3.8, 4) is 0 Å². The third-order valence-corrected chi connectivity index (χ3v) is 5.29. The van der Waals surface area contributed by atoms with Gasteiger partial charge in [-0.2, -0.15) is 4.31 Å². The quantitative estimate of drug-likeness (QED) is 0.849. The molecule has 0 atom stereocenters. The molecule has 0 aromatic carbocycles. The summed E-state index contributed by atoms with van der Waals surface area (Å²) < 4.78 is 31.1. The number of carboxylic acids is 1. The smallest absolute Gasteiger partial charge is 0.371 e. The van der Waals surface area contributed by atoms with Crippen LogP contribution >= 0.6 is 0 Å². The number of carbonyl (C=O) groups is 2. The fourth-order valence-electron chi connectivity index (χ4n) is 2.13. The van der Waals surface area contributed by atoms with Crippen molar-refractivity contribution in [1.29, 1.82) is 0 Å². The number of hydrogen-bond donors (Lipinski definition) is 1. The Balaban J connectivity index is 2.37. The van der Waals surface area contributed by atoms with E-state index >= 15 is 0 Å². The number of sulfonamides is 1. The minimum Gasteiger partial charge on any atom is -0.475 e. The molecule has 0 radical (unpaired) electrons. The minimum absolute atomic E-state index is 0.00236. The molecule has 0 bridgehead atoms. The Morgan fingerprint density at radius 2 is 2.05 bits per heavy atom. The zero-order valence-electron chi connectivity index (χ0n) is 11.7. The molecule has 1 fully saturated rings. The van der Waals surface area contributed by atoms with Gasteiger partial charge in [0.1, 0.15) is 10.7 Å². The zero-order valence-corrected chi connectivity index (χ0v) is 12.5. The van der Waals surface area contributed by atoms with Crippen molar-refractivity contribution >= 4 is 21.9 Å². The molecule has 1 aliphatic rings. The van der Waals surface area contributed by atoms with Crippen molar-refractivity contribution in [2.75, 3.05) is 26.7 Å². The Morgan fingerprint density at radius 1 is 1.38 bits per heavy atom.